The van der Waals surface area contributed by atoms with Crippen molar-refractivity contribution in [2.75, 3.05) is 19.8 Å². The topological polar surface area (TPSA) is 74.2 Å². The molecule has 0 spiro atoms. The van der Waals surface area contributed by atoms with E-state index in [2.05, 4.69) is 31.1 Å². The fourth-order valence-corrected chi connectivity index (χ4v) is 3.26. The SMILES string of the molecule is C[Si](C)(C)C#Cc1cc(O)c(C2OCCO2)c(OCC(=O)OCc2ccccc2)c1. The number of phenols is 1. The third-order valence-electron chi connectivity index (χ3n) is 4.15. The summed E-state index contributed by atoms with van der Waals surface area (Å²) < 4.78 is 22.0. The zero-order valence-electron chi connectivity index (χ0n) is 17.4. The van der Waals surface area contributed by atoms with E-state index in [1.165, 1.54) is 0 Å². The smallest absolute Gasteiger partial charge is 0.344 e. The van der Waals surface area contributed by atoms with Crippen molar-refractivity contribution in [3.63, 3.8) is 0 Å². The molecule has 6 nitrogen and oxygen atoms in total. The number of phenolic OH excluding ortho intramolecular Hbond substituents is 1. The molecule has 1 saturated heterocycles. The molecule has 3 rings (SSSR count). The monoisotopic (exact) mass is 426 g/mol. The molecule has 0 amide bonds. The Bertz CT molecular complexity index is 934. The number of hydrogen-bond acceptors (Lipinski definition) is 6. The van der Waals surface area contributed by atoms with Crippen LogP contribution in [0.2, 0.25) is 19.6 Å². The fraction of sp³-hybridized carbons (Fsp3) is 0.348. The zero-order chi connectivity index (χ0) is 21.6. The predicted molar refractivity (Wildman–Crippen MR) is 115 cm³/mol. The van der Waals surface area contributed by atoms with E-state index < -0.39 is 20.3 Å². The van der Waals surface area contributed by atoms with Crippen LogP contribution in [-0.2, 0) is 25.6 Å². The average molecular weight is 427 g/mol. The molecule has 158 valence electrons. The molecule has 0 saturated carbocycles. The van der Waals surface area contributed by atoms with Crippen molar-refractivity contribution in [2.24, 2.45) is 0 Å². The van der Waals surface area contributed by atoms with Crippen LogP contribution in [0, 0.1) is 11.5 Å². The number of carbonyl (C=O) groups excluding carboxylic acids is 1. The highest BCUT2D eigenvalue weighted by Gasteiger charge is 2.27. The molecule has 2 aromatic carbocycles. The summed E-state index contributed by atoms with van der Waals surface area (Å²) in [6.45, 7) is 7.09. The Morgan fingerprint density at radius 2 is 1.87 bits per heavy atom. The Morgan fingerprint density at radius 1 is 1.17 bits per heavy atom. The van der Waals surface area contributed by atoms with Crippen LogP contribution in [0.25, 0.3) is 0 Å². The summed E-state index contributed by atoms with van der Waals surface area (Å²) in [5.74, 6) is 2.82. The minimum Gasteiger partial charge on any atom is -0.507 e. The largest absolute Gasteiger partial charge is 0.507 e. The maximum absolute atomic E-state index is 12.2. The molecule has 0 aliphatic carbocycles. The number of hydrogen-bond donors (Lipinski definition) is 1. The molecule has 0 atom stereocenters. The van der Waals surface area contributed by atoms with Gasteiger partial charge in [-0.25, -0.2) is 4.79 Å². The summed E-state index contributed by atoms with van der Waals surface area (Å²) in [7, 11) is -1.60. The second-order valence-electron chi connectivity index (χ2n) is 7.92. The van der Waals surface area contributed by atoms with Gasteiger partial charge >= 0.3 is 5.97 Å². The molecule has 1 aliphatic heterocycles. The van der Waals surface area contributed by atoms with E-state index in [9.17, 15) is 9.90 Å². The summed E-state index contributed by atoms with van der Waals surface area (Å²) in [5.41, 5.74) is 5.09. The molecular weight excluding hydrogens is 400 g/mol. The van der Waals surface area contributed by atoms with Crippen LogP contribution in [0.3, 0.4) is 0 Å². The lowest BCUT2D eigenvalue weighted by Crippen LogP contribution is -2.17. The Kier molecular flexibility index (Phi) is 7.16. The van der Waals surface area contributed by atoms with Gasteiger partial charge < -0.3 is 24.1 Å². The van der Waals surface area contributed by atoms with Crippen molar-refractivity contribution < 1.29 is 28.8 Å². The van der Waals surface area contributed by atoms with Gasteiger partial charge in [-0.1, -0.05) is 55.9 Å². The number of carbonyl (C=O) groups is 1. The molecule has 2 aromatic rings. The van der Waals surface area contributed by atoms with Crippen molar-refractivity contribution in [3.05, 3.63) is 59.2 Å². The van der Waals surface area contributed by atoms with Crippen LogP contribution in [0.4, 0.5) is 0 Å². The maximum atomic E-state index is 12.2. The highest BCUT2D eigenvalue weighted by molar-refractivity contribution is 6.83. The van der Waals surface area contributed by atoms with Crippen LogP contribution in [0.1, 0.15) is 23.0 Å². The second kappa shape index (κ2) is 9.81. The van der Waals surface area contributed by atoms with Crippen molar-refractivity contribution in [1.82, 2.24) is 0 Å². The van der Waals surface area contributed by atoms with Gasteiger partial charge in [0.25, 0.3) is 0 Å². The van der Waals surface area contributed by atoms with Crippen LogP contribution >= 0.6 is 0 Å². The lowest BCUT2D eigenvalue weighted by Gasteiger charge is -2.17. The number of esters is 1. The molecule has 0 bridgehead atoms. The highest BCUT2D eigenvalue weighted by Crippen LogP contribution is 2.39. The molecule has 0 aromatic heterocycles. The summed E-state index contributed by atoms with van der Waals surface area (Å²) in [6.07, 6.45) is -0.751. The van der Waals surface area contributed by atoms with Crippen molar-refractivity contribution in [3.8, 4) is 23.0 Å². The minimum absolute atomic E-state index is 0.0445. The third-order valence-corrected chi connectivity index (χ3v) is 5.02. The van der Waals surface area contributed by atoms with E-state index in [4.69, 9.17) is 18.9 Å². The normalized spacial score (nSPS) is 14.1. The number of ether oxygens (including phenoxy) is 4. The lowest BCUT2D eigenvalue weighted by atomic mass is 10.1. The molecule has 0 radical (unpaired) electrons. The van der Waals surface area contributed by atoms with Gasteiger partial charge in [0.2, 0.25) is 0 Å². The molecule has 1 N–H and O–H groups in total. The van der Waals surface area contributed by atoms with Gasteiger partial charge in [-0.2, -0.15) is 0 Å². The van der Waals surface area contributed by atoms with Gasteiger partial charge in [-0.05, 0) is 17.7 Å². The van der Waals surface area contributed by atoms with Gasteiger partial charge in [0.05, 0.1) is 18.8 Å². The second-order valence-corrected chi connectivity index (χ2v) is 12.7. The predicted octanol–water partition coefficient (Wildman–Crippen LogP) is 3.79. The summed E-state index contributed by atoms with van der Waals surface area (Å²) in [5, 5.41) is 10.6. The standard InChI is InChI=1S/C23H26O6Si/c1-30(2,3)12-9-18-13-19(24)22(23-26-10-11-27-23)20(14-18)28-16-21(25)29-15-17-7-5-4-6-8-17/h4-8,13-14,23-24H,10-11,15-16H2,1-3H3. The molecule has 1 fully saturated rings. The molecule has 1 aliphatic rings. The first-order valence-electron chi connectivity index (χ1n) is 9.77. The van der Waals surface area contributed by atoms with E-state index in [1.807, 2.05) is 30.3 Å². The van der Waals surface area contributed by atoms with E-state index >= 15 is 0 Å². The quantitative estimate of drug-likeness (QED) is 0.430. The van der Waals surface area contributed by atoms with Crippen molar-refractivity contribution in [1.29, 1.82) is 0 Å². The Balaban J connectivity index is 1.75. The molecule has 1 heterocycles. The fourth-order valence-electron chi connectivity index (χ4n) is 2.74. The van der Waals surface area contributed by atoms with Crippen molar-refractivity contribution in [2.45, 2.75) is 32.5 Å². The van der Waals surface area contributed by atoms with E-state index in [-0.39, 0.29) is 19.0 Å². The van der Waals surface area contributed by atoms with Gasteiger partial charge in [0.1, 0.15) is 26.2 Å². The van der Waals surface area contributed by atoms with Crippen LogP contribution in [-0.4, -0.2) is 39.0 Å². The average Bonchev–Trinajstić information content (AvgIpc) is 3.23. The summed E-state index contributed by atoms with van der Waals surface area (Å²) >= 11 is 0. The van der Waals surface area contributed by atoms with Crippen molar-refractivity contribution >= 4 is 14.0 Å². The van der Waals surface area contributed by atoms with Crippen LogP contribution in [0.15, 0.2) is 42.5 Å². The van der Waals surface area contributed by atoms with E-state index in [1.54, 1.807) is 12.1 Å². The van der Waals surface area contributed by atoms with Gasteiger partial charge in [-0.3, -0.25) is 0 Å². The van der Waals surface area contributed by atoms with Crippen LogP contribution in [0.5, 0.6) is 11.5 Å². The Labute approximate surface area is 177 Å². The molecular formula is C23H26O6Si. The van der Waals surface area contributed by atoms with Crippen LogP contribution < -0.4 is 4.74 Å². The lowest BCUT2D eigenvalue weighted by molar-refractivity contribution is -0.147. The maximum Gasteiger partial charge on any atom is 0.344 e. The van der Waals surface area contributed by atoms with Gasteiger partial charge in [-0.15, -0.1) is 5.54 Å². The number of rotatable bonds is 6. The Morgan fingerprint density at radius 3 is 2.53 bits per heavy atom. The summed E-state index contributed by atoms with van der Waals surface area (Å²) in [4.78, 5) is 12.2. The third kappa shape index (κ3) is 6.36. The number of benzene rings is 2. The van der Waals surface area contributed by atoms with Gasteiger partial charge in [0.15, 0.2) is 12.9 Å². The zero-order valence-corrected chi connectivity index (χ0v) is 18.4. The molecule has 30 heavy (non-hydrogen) atoms. The minimum atomic E-state index is -1.60. The van der Waals surface area contributed by atoms with E-state index in [0.717, 1.165) is 5.56 Å². The van der Waals surface area contributed by atoms with E-state index in [0.29, 0.717) is 30.1 Å². The first kappa shape index (κ1) is 21.9. The first-order valence-corrected chi connectivity index (χ1v) is 13.3. The first-order chi connectivity index (χ1) is 14.3. The molecule has 0 unspecified atom stereocenters. The number of aromatic hydroxyl groups is 1. The summed E-state index contributed by atoms with van der Waals surface area (Å²) in [6, 6.07) is 12.7. The molecule has 7 heteroatoms. The van der Waals surface area contributed by atoms with Gasteiger partial charge in [0, 0.05) is 5.56 Å². The Hall–Kier alpha value is -2.79. The highest BCUT2D eigenvalue weighted by atomic mass is 28.3.